The third kappa shape index (κ3) is 5.72. The van der Waals surface area contributed by atoms with E-state index < -0.39 is 47.2 Å². The molecule has 0 saturated carbocycles. The molecule has 3 aromatic heterocycles. The van der Waals surface area contributed by atoms with Gasteiger partial charge < -0.3 is 29.7 Å². The molecule has 1 aliphatic carbocycles. The highest BCUT2D eigenvalue weighted by Crippen LogP contribution is 2.45. The first kappa shape index (κ1) is 32.7. The number of nitrogens with one attached hydrogen (secondary N) is 1. The van der Waals surface area contributed by atoms with Crippen molar-refractivity contribution in [1.29, 1.82) is 0 Å². The molecular weight excluding hydrogens is 671 g/mol. The largest absolute Gasteiger partial charge is 0.505 e. The van der Waals surface area contributed by atoms with Crippen molar-refractivity contribution in [2.75, 3.05) is 31.6 Å². The Bertz CT molecular complexity index is 2100. The number of aromatic hydroxyl groups is 1. The summed E-state index contributed by atoms with van der Waals surface area (Å²) in [4.78, 5) is 50.9. The molecule has 17 heteroatoms. The lowest BCUT2D eigenvalue weighted by molar-refractivity contribution is -0.137. The number of hydrogen-bond acceptors (Lipinski definition) is 9. The Balaban J connectivity index is 1.26. The Kier molecular flexibility index (Phi) is 8.19. The normalized spacial score (nSPS) is 20.8. The number of aliphatic hydroxyl groups excluding tert-OH is 1. The zero-order chi connectivity index (χ0) is 34.7. The first-order valence-electron chi connectivity index (χ1n) is 15.5. The summed E-state index contributed by atoms with van der Waals surface area (Å²) in [5, 5.41) is 28.6. The van der Waals surface area contributed by atoms with Crippen LogP contribution in [0.3, 0.4) is 0 Å². The predicted molar refractivity (Wildman–Crippen MR) is 168 cm³/mol. The summed E-state index contributed by atoms with van der Waals surface area (Å²) in [6.45, 7) is 0.362. The Hall–Kier alpha value is -4.80. The summed E-state index contributed by atoms with van der Waals surface area (Å²) < 4.78 is 47.6. The highest BCUT2D eigenvalue weighted by Gasteiger charge is 2.52. The quantitative estimate of drug-likeness (QED) is 0.284. The van der Waals surface area contributed by atoms with E-state index in [2.05, 4.69) is 20.4 Å². The summed E-state index contributed by atoms with van der Waals surface area (Å²) in [6.07, 6.45) is -1.35. The summed E-state index contributed by atoms with van der Waals surface area (Å²) in [6, 6.07) is 5.41. The number of pyridine rings is 1. The monoisotopic (exact) mass is 699 g/mol. The topological polar surface area (TPSA) is 164 Å². The van der Waals surface area contributed by atoms with E-state index in [0.717, 1.165) is 28.3 Å². The number of aromatic nitrogens is 5. The van der Waals surface area contributed by atoms with E-state index in [0.29, 0.717) is 31.7 Å². The van der Waals surface area contributed by atoms with Crippen molar-refractivity contribution in [3.63, 3.8) is 0 Å². The average molecular weight is 700 g/mol. The molecule has 2 unspecified atom stereocenters. The predicted octanol–water partition coefficient (Wildman–Crippen LogP) is 3.20. The van der Waals surface area contributed by atoms with E-state index >= 15 is 0 Å². The minimum absolute atomic E-state index is 0.0363. The molecule has 13 nitrogen and oxygen atoms in total. The maximum atomic E-state index is 14.3. The highest BCUT2D eigenvalue weighted by molar-refractivity contribution is 6.33. The number of halogens is 4. The number of alkyl halides is 3. The average Bonchev–Trinajstić information content (AvgIpc) is 3.69. The van der Waals surface area contributed by atoms with Crippen molar-refractivity contribution in [2.45, 2.75) is 49.9 Å². The van der Waals surface area contributed by atoms with Crippen molar-refractivity contribution in [2.24, 2.45) is 0 Å². The number of carbonyl (C=O) groups is 2. The lowest BCUT2D eigenvalue weighted by Gasteiger charge is -2.43. The molecule has 0 radical (unpaired) electrons. The summed E-state index contributed by atoms with van der Waals surface area (Å²) in [5.41, 5.74) is -1.32. The van der Waals surface area contributed by atoms with Gasteiger partial charge in [-0.25, -0.2) is 4.98 Å². The molecule has 2 amide bonds. The number of rotatable bonds is 5. The highest BCUT2D eigenvalue weighted by atomic mass is 35.5. The molecule has 4 aromatic rings. The SMILES string of the molecule is O=C(Cn1c2c(c(=O)n3nc(C4=CCOCC4)nc13)C1(CC2)CCN(C(=O)c2ncccc2O)CC1O)Nc1ccc(C(F)(F)F)cc1Cl. The van der Waals surface area contributed by atoms with Gasteiger partial charge in [0, 0.05) is 36.0 Å². The van der Waals surface area contributed by atoms with Crippen molar-refractivity contribution in [3.8, 4) is 5.75 Å². The maximum absolute atomic E-state index is 14.3. The number of hydrogen-bond donors (Lipinski definition) is 3. The van der Waals surface area contributed by atoms with E-state index in [1.807, 2.05) is 0 Å². The van der Waals surface area contributed by atoms with Gasteiger partial charge in [-0.15, -0.1) is 5.10 Å². The van der Waals surface area contributed by atoms with Gasteiger partial charge in [0.1, 0.15) is 12.3 Å². The molecule has 0 bridgehead atoms. The molecule has 3 N–H and O–H groups in total. The van der Waals surface area contributed by atoms with Crippen LogP contribution in [0.5, 0.6) is 5.75 Å². The number of nitrogens with zero attached hydrogens (tertiary/aromatic N) is 6. The van der Waals surface area contributed by atoms with Crippen LogP contribution in [0.4, 0.5) is 18.9 Å². The summed E-state index contributed by atoms with van der Waals surface area (Å²) >= 11 is 6.10. The van der Waals surface area contributed by atoms with Crippen LogP contribution in [0, 0.1) is 0 Å². The molecule has 1 aromatic carbocycles. The lowest BCUT2D eigenvalue weighted by atomic mass is 9.72. The van der Waals surface area contributed by atoms with Crippen LogP contribution in [-0.2, 0) is 34.1 Å². The van der Waals surface area contributed by atoms with Gasteiger partial charge in [-0.2, -0.15) is 22.7 Å². The molecule has 3 aliphatic rings. The maximum Gasteiger partial charge on any atom is 0.416 e. The number of piperidine rings is 1. The molecule has 5 heterocycles. The molecule has 1 fully saturated rings. The fourth-order valence-corrected chi connectivity index (χ4v) is 7.17. The number of fused-ring (bicyclic) bond motifs is 3. The number of β-amino-alcohol motifs (C(OH)–C–C–N with tert-alkyl or cyclic N) is 1. The van der Waals surface area contributed by atoms with E-state index in [4.69, 9.17) is 16.3 Å². The molecule has 2 aliphatic heterocycles. The van der Waals surface area contributed by atoms with Crippen LogP contribution in [0.1, 0.15) is 52.4 Å². The zero-order valence-corrected chi connectivity index (χ0v) is 26.5. The smallest absolute Gasteiger partial charge is 0.416 e. The minimum atomic E-state index is -4.62. The number of anilines is 1. The van der Waals surface area contributed by atoms with Gasteiger partial charge in [-0.3, -0.25) is 14.4 Å². The third-order valence-corrected chi connectivity index (χ3v) is 9.73. The molecule has 7 rings (SSSR count). The van der Waals surface area contributed by atoms with Crippen LogP contribution in [0.15, 0.2) is 47.4 Å². The zero-order valence-electron chi connectivity index (χ0n) is 25.7. The molecule has 2 atom stereocenters. The number of benzene rings is 1. The van der Waals surface area contributed by atoms with Crippen LogP contribution in [0.2, 0.25) is 5.02 Å². The molecule has 49 heavy (non-hydrogen) atoms. The standard InChI is InChI=1S/C32H29ClF3N7O6/c33-19-14-18(32(34,35)36)3-4-20(19)38-24(46)16-42-21-5-8-31(9-11-41(15-23(31)45)29(48)26-22(44)2-1-10-37-26)25(21)28(47)43-30(42)39-27(40-43)17-6-12-49-13-7-17/h1-4,6,10,14,23,44-45H,5,7-9,11-13,15-16H2,(H,38,46). The van der Waals surface area contributed by atoms with Crippen molar-refractivity contribution < 1.29 is 37.7 Å². The van der Waals surface area contributed by atoms with Crippen molar-refractivity contribution >= 4 is 40.5 Å². The number of amides is 2. The van der Waals surface area contributed by atoms with Crippen LogP contribution >= 0.6 is 11.6 Å². The van der Waals surface area contributed by atoms with Crippen molar-refractivity contribution in [1.82, 2.24) is 29.0 Å². The van der Waals surface area contributed by atoms with Crippen molar-refractivity contribution in [3.05, 3.63) is 86.3 Å². The van der Waals surface area contributed by atoms with Gasteiger partial charge >= 0.3 is 6.18 Å². The Morgan fingerprint density at radius 1 is 1.18 bits per heavy atom. The lowest BCUT2D eigenvalue weighted by Crippen LogP contribution is -2.55. The van der Waals surface area contributed by atoms with Gasteiger partial charge in [0.15, 0.2) is 11.5 Å². The van der Waals surface area contributed by atoms with E-state index in [9.17, 15) is 37.8 Å². The minimum Gasteiger partial charge on any atom is -0.505 e. The Morgan fingerprint density at radius 3 is 2.69 bits per heavy atom. The Labute approximate surface area is 280 Å². The first-order valence-corrected chi connectivity index (χ1v) is 15.8. The number of likely N-dealkylation sites (tertiary alicyclic amines) is 1. The molecule has 1 spiro atoms. The van der Waals surface area contributed by atoms with Crippen LogP contribution in [0.25, 0.3) is 11.4 Å². The summed E-state index contributed by atoms with van der Waals surface area (Å²) in [5.74, 6) is -1.17. The van der Waals surface area contributed by atoms with Crippen LogP contribution in [-0.4, -0.2) is 83.5 Å². The number of aliphatic hydroxyl groups is 1. The van der Waals surface area contributed by atoms with E-state index in [-0.39, 0.29) is 65.3 Å². The van der Waals surface area contributed by atoms with Gasteiger partial charge in [-0.05, 0) is 61.6 Å². The Morgan fingerprint density at radius 2 is 2.00 bits per heavy atom. The van der Waals surface area contributed by atoms with E-state index in [1.54, 1.807) is 6.08 Å². The second-order valence-electron chi connectivity index (χ2n) is 12.2. The molecular formula is C32H29ClF3N7O6. The third-order valence-electron chi connectivity index (χ3n) is 9.42. The summed E-state index contributed by atoms with van der Waals surface area (Å²) in [7, 11) is 0. The van der Waals surface area contributed by atoms with Gasteiger partial charge in [0.05, 0.1) is 35.6 Å². The fourth-order valence-electron chi connectivity index (χ4n) is 6.94. The number of ether oxygens (including phenoxy) is 1. The molecule has 256 valence electrons. The van der Waals surface area contributed by atoms with Gasteiger partial charge in [-0.1, -0.05) is 17.7 Å². The van der Waals surface area contributed by atoms with E-state index in [1.165, 1.54) is 27.8 Å². The van der Waals surface area contributed by atoms with Gasteiger partial charge in [0.25, 0.3) is 11.5 Å². The second-order valence-corrected chi connectivity index (χ2v) is 12.6. The number of carbonyl (C=O) groups excluding carboxylic acids is 2. The second kappa shape index (κ2) is 12.3. The molecule has 1 saturated heterocycles. The fraction of sp³-hybridized carbons (Fsp3) is 0.375. The first-order chi connectivity index (χ1) is 23.4. The van der Waals surface area contributed by atoms with Gasteiger partial charge in [0.2, 0.25) is 11.7 Å². The van der Waals surface area contributed by atoms with Crippen LogP contribution < -0.4 is 10.9 Å².